The quantitative estimate of drug-likeness (QED) is 0.852. The average Bonchev–Trinajstić information content (AvgIpc) is 2.37. The number of rotatable bonds is 3. The molecule has 0 saturated heterocycles. The van der Waals surface area contributed by atoms with Crippen molar-refractivity contribution in [3.05, 3.63) is 58.6 Å². The van der Waals surface area contributed by atoms with Crippen LogP contribution in [0.5, 0.6) is 5.75 Å². The molecule has 0 N–H and O–H groups in total. The summed E-state index contributed by atoms with van der Waals surface area (Å²) < 4.78 is 18.3. The van der Waals surface area contributed by atoms with E-state index in [0.717, 1.165) is 6.20 Å². The first-order valence-corrected chi connectivity index (χ1v) is 5.49. The predicted molar refractivity (Wildman–Crippen MR) is 64.7 cm³/mol. The van der Waals surface area contributed by atoms with Crippen LogP contribution in [0.3, 0.4) is 0 Å². The van der Waals surface area contributed by atoms with Crippen LogP contribution in [-0.4, -0.2) is 4.98 Å². The molecule has 18 heavy (non-hydrogen) atoms. The molecule has 0 aliphatic carbocycles. The lowest BCUT2D eigenvalue weighted by molar-refractivity contribution is 0.305. The molecule has 0 aliphatic heterocycles. The van der Waals surface area contributed by atoms with Gasteiger partial charge in [-0.3, -0.25) is 4.98 Å². The van der Waals surface area contributed by atoms with Gasteiger partial charge in [0.15, 0.2) is 0 Å². The third-order valence-electron chi connectivity index (χ3n) is 2.22. The highest BCUT2D eigenvalue weighted by atomic mass is 35.5. The first kappa shape index (κ1) is 12.3. The third-order valence-corrected chi connectivity index (χ3v) is 2.51. The molecule has 0 fully saturated rings. The number of aromatic nitrogens is 1. The number of nitrogens with zero attached hydrogens (tertiary/aromatic N) is 2. The molecular formula is C13H8ClFN2O. The second kappa shape index (κ2) is 5.48. The Morgan fingerprint density at radius 3 is 2.83 bits per heavy atom. The summed E-state index contributed by atoms with van der Waals surface area (Å²) in [5, 5.41) is 9.04. The normalized spacial score (nSPS) is 9.83. The molecule has 1 aromatic carbocycles. The van der Waals surface area contributed by atoms with Crippen molar-refractivity contribution in [1.29, 1.82) is 5.26 Å². The number of benzene rings is 1. The number of hydrogen-bond acceptors (Lipinski definition) is 3. The van der Waals surface area contributed by atoms with Gasteiger partial charge in [0, 0.05) is 11.8 Å². The Morgan fingerprint density at radius 1 is 1.33 bits per heavy atom. The molecule has 0 atom stereocenters. The molecule has 0 spiro atoms. The zero-order chi connectivity index (χ0) is 13.0. The summed E-state index contributed by atoms with van der Waals surface area (Å²) in [6.07, 6.45) is 2.64. The van der Waals surface area contributed by atoms with E-state index in [1.165, 1.54) is 18.3 Å². The SMILES string of the molecule is N#Cc1ccc(OCc2cncc(F)c2)c(Cl)c1. The van der Waals surface area contributed by atoms with Crippen molar-refractivity contribution >= 4 is 11.6 Å². The van der Waals surface area contributed by atoms with Crippen molar-refractivity contribution < 1.29 is 9.13 Å². The highest BCUT2D eigenvalue weighted by molar-refractivity contribution is 6.32. The standard InChI is InChI=1S/C13H8ClFN2O/c14-12-4-9(5-16)1-2-13(12)18-8-10-3-11(15)7-17-6-10/h1-4,6-7H,8H2. The summed E-state index contributed by atoms with van der Waals surface area (Å²) >= 11 is 5.94. The van der Waals surface area contributed by atoms with Gasteiger partial charge in [0.05, 0.1) is 22.9 Å². The van der Waals surface area contributed by atoms with Crippen LogP contribution in [0.15, 0.2) is 36.7 Å². The van der Waals surface area contributed by atoms with Crippen LogP contribution in [0.2, 0.25) is 5.02 Å². The second-order valence-corrected chi connectivity index (χ2v) is 3.96. The molecule has 5 heteroatoms. The Labute approximate surface area is 108 Å². The molecular weight excluding hydrogens is 255 g/mol. The smallest absolute Gasteiger partial charge is 0.141 e. The largest absolute Gasteiger partial charge is 0.487 e. The molecule has 0 unspecified atom stereocenters. The van der Waals surface area contributed by atoms with Gasteiger partial charge in [-0.05, 0) is 24.3 Å². The zero-order valence-corrected chi connectivity index (χ0v) is 9.99. The lowest BCUT2D eigenvalue weighted by Gasteiger charge is -2.07. The molecule has 0 amide bonds. The van der Waals surface area contributed by atoms with E-state index < -0.39 is 5.82 Å². The fraction of sp³-hybridized carbons (Fsp3) is 0.0769. The second-order valence-electron chi connectivity index (χ2n) is 3.56. The summed E-state index contributed by atoms with van der Waals surface area (Å²) in [6, 6.07) is 8.04. The van der Waals surface area contributed by atoms with Gasteiger partial charge in [-0.1, -0.05) is 11.6 Å². The predicted octanol–water partition coefficient (Wildman–Crippen LogP) is 3.32. The molecule has 1 aromatic heterocycles. The van der Waals surface area contributed by atoms with Crippen LogP contribution in [0, 0.1) is 17.1 Å². The van der Waals surface area contributed by atoms with Crippen molar-refractivity contribution in [2.24, 2.45) is 0 Å². The summed E-state index contributed by atoms with van der Waals surface area (Å²) in [4.78, 5) is 3.72. The van der Waals surface area contributed by atoms with Crippen LogP contribution >= 0.6 is 11.6 Å². The minimum Gasteiger partial charge on any atom is -0.487 e. The van der Waals surface area contributed by atoms with Crippen LogP contribution < -0.4 is 4.74 Å². The van der Waals surface area contributed by atoms with E-state index in [0.29, 0.717) is 21.9 Å². The lowest BCUT2D eigenvalue weighted by atomic mass is 10.2. The molecule has 0 aliphatic rings. The maximum Gasteiger partial charge on any atom is 0.141 e. The Morgan fingerprint density at radius 2 is 2.17 bits per heavy atom. The molecule has 0 radical (unpaired) electrons. The maximum atomic E-state index is 12.9. The van der Waals surface area contributed by atoms with Gasteiger partial charge >= 0.3 is 0 Å². The summed E-state index contributed by atoms with van der Waals surface area (Å²) in [6.45, 7) is 0.163. The van der Waals surface area contributed by atoms with E-state index in [1.807, 2.05) is 6.07 Å². The Hall–Kier alpha value is -2.12. The summed E-state index contributed by atoms with van der Waals surface area (Å²) in [5.41, 5.74) is 1.06. The minimum atomic E-state index is -0.415. The van der Waals surface area contributed by atoms with Crippen molar-refractivity contribution in [2.75, 3.05) is 0 Å². The Balaban J connectivity index is 2.09. The van der Waals surface area contributed by atoms with E-state index in [-0.39, 0.29) is 6.61 Å². The third kappa shape index (κ3) is 2.96. The topological polar surface area (TPSA) is 45.9 Å². The molecule has 0 saturated carbocycles. The fourth-order valence-corrected chi connectivity index (χ4v) is 1.62. The monoisotopic (exact) mass is 262 g/mol. The van der Waals surface area contributed by atoms with Gasteiger partial charge < -0.3 is 4.74 Å². The Kier molecular flexibility index (Phi) is 3.75. The van der Waals surface area contributed by atoms with E-state index in [4.69, 9.17) is 21.6 Å². The highest BCUT2D eigenvalue weighted by Gasteiger charge is 2.04. The van der Waals surface area contributed by atoms with Crippen LogP contribution in [0.4, 0.5) is 4.39 Å². The highest BCUT2D eigenvalue weighted by Crippen LogP contribution is 2.25. The molecule has 2 rings (SSSR count). The van der Waals surface area contributed by atoms with Gasteiger partial charge in [-0.2, -0.15) is 5.26 Å². The van der Waals surface area contributed by atoms with Gasteiger partial charge in [-0.25, -0.2) is 4.39 Å². The molecule has 3 nitrogen and oxygen atoms in total. The molecule has 2 aromatic rings. The van der Waals surface area contributed by atoms with E-state index in [2.05, 4.69) is 4.98 Å². The lowest BCUT2D eigenvalue weighted by Crippen LogP contribution is -1.97. The zero-order valence-electron chi connectivity index (χ0n) is 9.23. The van der Waals surface area contributed by atoms with Crippen molar-refractivity contribution in [1.82, 2.24) is 4.98 Å². The molecule has 1 heterocycles. The van der Waals surface area contributed by atoms with Crippen molar-refractivity contribution in [3.8, 4) is 11.8 Å². The number of pyridine rings is 1. The van der Waals surface area contributed by atoms with Crippen molar-refractivity contribution in [3.63, 3.8) is 0 Å². The van der Waals surface area contributed by atoms with Crippen LogP contribution in [0.25, 0.3) is 0 Å². The van der Waals surface area contributed by atoms with Gasteiger partial charge in [-0.15, -0.1) is 0 Å². The Bertz CT molecular complexity index is 610. The minimum absolute atomic E-state index is 0.163. The van der Waals surface area contributed by atoms with Gasteiger partial charge in [0.2, 0.25) is 0 Å². The summed E-state index contributed by atoms with van der Waals surface area (Å²) in [7, 11) is 0. The van der Waals surface area contributed by atoms with Gasteiger partial charge in [0.1, 0.15) is 18.2 Å². The van der Waals surface area contributed by atoms with E-state index in [1.54, 1.807) is 12.1 Å². The number of ether oxygens (including phenoxy) is 1. The number of nitriles is 1. The first-order chi connectivity index (χ1) is 8.69. The molecule has 0 bridgehead atoms. The summed E-state index contributed by atoms with van der Waals surface area (Å²) in [5.74, 6) is 0.0296. The van der Waals surface area contributed by atoms with E-state index >= 15 is 0 Å². The first-order valence-electron chi connectivity index (χ1n) is 5.11. The fourth-order valence-electron chi connectivity index (χ4n) is 1.38. The van der Waals surface area contributed by atoms with E-state index in [9.17, 15) is 4.39 Å². The van der Waals surface area contributed by atoms with Gasteiger partial charge in [0.25, 0.3) is 0 Å². The molecule has 90 valence electrons. The number of hydrogen-bond donors (Lipinski definition) is 0. The maximum absolute atomic E-state index is 12.9. The van der Waals surface area contributed by atoms with Crippen LogP contribution in [-0.2, 0) is 6.61 Å². The average molecular weight is 263 g/mol. The van der Waals surface area contributed by atoms with Crippen LogP contribution in [0.1, 0.15) is 11.1 Å². The number of halogens is 2. The van der Waals surface area contributed by atoms with Crippen molar-refractivity contribution in [2.45, 2.75) is 6.61 Å².